The predicted octanol–water partition coefficient (Wildman–Crippen LogP) is 4.87. The van der Waals surface area contributed by atoms with Crippen LogP contribution in [0.2, 0.25) is 0 Å². The first kappa shape index (κ1) is 17.8. The molecule has 0 radical (unpaired) electrons. The minimum absolute atomic E-state index is 0.744. The van der Waals surface area contributed by atoms with Crippen LogP contribution in [0, 0.1) is 0 Å². The molecule has 0 aliphatic carbocycles. The van der Waals surface area contributed by atoms with Gasteiger partial charge in [-0.05, 0) is 0 Å². The zero-order chi connectivity index (χ0) is 19.6. The molecule has 29 heavy (non-hydrogen) atoms. The summed E-state index contributed by atoms with van der Waals surface area (Å²) >= 11 is 0. The van der Waals surface area contributed by atoms with Crippen LogP contribution in [-0.4, -0.2) is 11.9 Å². The molecule has 2 nitrogen and oxygen atoms in total. The Balaban J connectivity index is 1.83. The minimum atomic E-state index is -3.28. The number of oxime groups is 1. The molecule has 0 amide bonds. The van der Waals surface area contributed by atoms with Crippen molar-refractivity contribution in [1.29, 1.82) is 0 Å². The summed E-state index contributed by atoms with van der Waals surface area (Å²) in [5, 5.41) is 8.33. The molecule has 1 aliphatic rings. The molecule has 4 aromatic carbocycles. The number of hydrogen-bond acceptors (Lipinski definition) is 2. The second-order valence-corrected chi connectivity index (χ2v) is 11.8. The van der Waals surface area contributed by atoms with Crippen molar-refractivity contribution in [3.8, 4) is 0 Å². The standard InChI is InChI=1S/C26H22NOP/c1-5-13-22(14-6-1)26-21-29(28-27-26,23-15-7-2-8-16-23,24-17-9-3-10-18-24)25-19-11-4-12-20-25/h1-20H,21H2. The third-order valence-electron chi connectivity index (χ3n) is 5.80. The molecule has 1 heterocycles. The second kappa shape index (κ2) is 6.99. The quantitative estimate of drug-likeness (QED) is 0.452. The van der Waals surface area contributed by atoms with Crippen molar-refractivity contribution >= 4 is 28.5 Å². The normalized spacial score (nSPS) is 18.1. The Morgan fingerprint density at radius 1 is 0.517 bits per heavy atom. The third kappa shape index (κ3) is 2.64. The van der Waals surface area contributed by atoms with Gasteiger partial charge in [0.05, 0.1) is 0 Å². The Morgan fingerprint density at radius 2 is 0.897 bits per heavy atom. The van der Waals surface area contributed by atoms with Crippen molar-refractivity contribution in [2.75, 3.05) is 6.16 Å². The Morgan fingerprint density at radius 3 is 1.31 bits per heavy atom. The van der Waals surface area contributed by atoms with Crippen molar-refractivity contribution < 1.29 is 4.62 Å². The van der Waals surface area contributed by atoms with Crippen LogP contribution in [-0.2, 0) is 4.62 Å². The molecule has 4 aromatic rings. The average Bonchev–Trinajstić information content (AvgIpc) is 3.25. The summed E-state index contributed by atoms with van der Waals surface area (Å²) in [5.74, 6) is 0. The maximum absolute atomic E-state index is 6.77. The van der Waals surface area contributed by atoms with E-state index in [4.69, 9.17) is 9.78 Å². The summed E-state index contributed by atoms with van der Waals surface area (Å²) in [5.41, 5.74) is 2.11. The van der Waals surface area contributed by atoms with Gasteiger partial charge in [-0.25, -0.2) is 0 Å². The van der Waals surface area contributed by atoms with Crippen LogP contribution < -0.4 is 15.9 Å². The number of benzene rings is 4. The molecule has 3 heteroatoms. The van der Waals surface area contributed by atoms with Crippen molar-refractivity contribution in [2.24, 2.45) is 5.16 Å². The zero-order valence-electron chi connectivity index (χ0n) is 16.1. The maximum atomic E-state index is 6.77. The van der Waals surface area contributed by atoms with Crippen LogP contribution in [0.1, 0.15) is 5.56 Å². The number of rotatable bonds is 4. The molecule has 142 valence electrons. The first-order chi connectivity index (χ1) is 14.3. The predicted molar refractivity (Wildman–Crippen MR) is 124 cm³/mol. The first-order valence-corrected chi connectivity index (χ1v) is 12.2. The molecule has 0 bridgehead atoms. The van der Waals surface area contributed by atoms with Gasteiger partial charge in [0.2, 0.25) is 0 Å². The van der Waals surface area contributed by atoms with E-state index >= 15 is 0 Å². The monoisotopic (exact) mass is 395 g/mol. The van der Waals surface area contributed by atoms with Crippen molar-refractivity contribution in [2.45, 2.75) is 0 Å². The van der Waals surface area contributed by atoms with Gasteiger partial charge in [-0.3, -0.25) is 0 Å². The van der Waals surface area contributed by atoms with Crippen molar-refractivity contribution in [3.63, 3.8) is 0 Å². The first-order valence-electron chi connectivity index (χ1n) is 9.82. The molecular formula is C26H22NOP. The van der Waals surface area contributed by atoms with Crippen molar-refractivity contribution in [1.82, 2.24) is 0 Å². The van der Waals surface area contributed by atoms with Crippen LogP contribution in [0.25, 0.3) is 0 Å². The molecule has 0 saturated heterocycles. The van der Waals surface area contributed by atoms with E-state index in [2.05, 4.69) is 115 Å². The van der Waals surface area contributed by atoms with E-state index in [9.17, 15) is 0 Å². The molecule has 0 unspecified atom stereocenters. The van der Waals surface area contributed by atoms with Crippen LogP contribution in [0.5, 0.6) is 0 Å². The van der Waals surface area contributed by atoms with Crippen LogP contribution in [0.4, 0.5) is 0 Å². The van der Waals surface area contributed by atoms with Gasteiger partial charge >= 0.3 is 171 Å². The van der Waals surface area contributed by atoms with Crippen LogP contribution in [0.3, 0.4) is 0 Å². The third-order valence-corrected chi connectivity index (χ3v) is 11.3. The van der Waals surface area contributed by atoms with E-state index in [1.165, 1.54) is 15.9 Å². The molecule has 0 fully saturated rings. The van der Waals surface area contributed by atoms with E-state index in [-0.39, 0.29) is 0 Å². The average molecular weight is 395 g/mol. The van der Waals surface area contributed by atoms with Gasteiger partial charge in [0.25, 0.3) is 0 Å². The van der Waals surface area contributed by atoms with Gasteiger partial charge in [-0.2, -0.15) is 0 Å². The summed E-state index contributed by atoms with van der Waals surface area (Å²) in [6, 6.07) is 42.3. The van der Waals surface area contributed by atoms with E-state index in [1.807, 2.05) is 6.07 Å². The fourth-order valence-corrected chi connectivity index (χ4v) is 9.63. The zero-order valence-corrected chi connectivity index (χ0v) is 17.0. The van der Waals surface area contributed by atoms with Crippen LogP contribution in [0.15, 0.2) is 126 Å². The van der Waals surface area contributed by atoms with Gasteiger partial charge in [0, 0.05) is 0 Å². The number of nitrogens with zero attached hydrogens (tertiary/aromatic N) is 1. The molecule has 5 rings (SSSR count). The molecule has 0 spiro atoms. The molecule has 0 atom stereocenters. The Hall–Kier alpha value is -3.22. The van der Waals surface area contributed by atoms with E-state index in [1.54, 1.807) is 0 Å². The second-order valence-electron chi connectivity index (χ2n) is 7.36. The summed E-state index contributed by atoms with van der Waals surface area (Å²) in [7, 11) is 0. The summed E-state index contributed by atoms with van der Waals surface area (Å²) in [6.07, 6.45) is 0.744. The van der Waals surface area contributed by atoms with E-state index < -0.39 is 6.83 Å². The summed E-state index contributed by atoms with van der Waals surface area (Å²) in [4.78, 5) is 0. The molecular weight excluding hydrogens is 373 g/mol. The number of hydrogen-bond donors (Lipinski definition) is 0. The fraction of sp³-hybridized carbons (Fsp3) is 0.0385. The molecule has 0 N–H and O–H groups in total. The molecule has 1 aliphatic heterocycles. The van der Waals surface area contributed by atoms with E-state index in [0.29, 0.717) is 0 Å². The summed E-state index contributed by atoms with van der Waals surface area (Å²) in [6.45, 7) is -3.28. The van der Waals surface area contributed by atoms with Gasteiger partial charge in [0.15, 0.2) is 0 Å². The van der Waals surface area contributed by atoms with Crippen LogP contribution >= 0.6 is 6.83 Å². The molecule has 0 saturated carbocycles. The molecule has 0 aromatic heterocycles. The van der Waals surface area contributed by atoms with Gasteiger partial charge in [0.1, 0.15) is 0 Å². The fourth-order valence-electron chi connectivity index (χ4n) is 4.35. The summed E-state index contributed by atoms with van der Waals surface area (Å²) < 4.78 is 6.77. The van der Waals surface area contributed by atoms with E-state index in [0.717, 1.165) is 17.4 Å². The Bertz CT molecular complexity index is 1040. The Kier molecular flexibility index (Phi) is 4.30. The van der Waals surface area contributed by atoms with Crippen molar-refractivity contribution in [3.05, 3.63) is 127 Å². The SMILES string of the molecule is c1ccc(C2=NOP(c3ccccc3)(c3ccccc3)(c3ccccc3)C2)cc1. The van der Waals surface area contributed by atoms with Gasteiger partial charge in [-0.1, -0.05) is 0 Å². The Labute approximate surface area is 171 Å². The van der Waals surface area contributed by atoms with Gasteiger partial charge in [-0.15, -0.1) is 0 Å². The van der Waals surface area contributed by atoms with Gasteiger partial charge < -0.3 is 0 Å². The topological polar surface area (TPSA) is 21.6 Å².